The van der Waals surface area contributed by atoms with Crippen LogP contribution in [0.1, 0.15) is 41.1 Å². The van der Waals surface area contributed by atoms with Gasteiger partial charge in [0.2, 0.25) is 0 Å². The summed E-state index contributed by atoms with van der Waals surface area (Å²) in [7, 11) is 0. The van der Waals surface area contributed by atoms with E-state index in [0.717, 1.165) is 23.6 Å². The van der Waals surface area contributed by atoms with Crippen LogP contribution >= 0.6 is 0 Å². The van der Waals surface area contributed by atoms with Gasteiger partial charge in [0.15, 0.2) is 0 Å². The summed E-state index contributed by atoms with van der Waals surface area (Å²) in [6, 6.07) is 15.0. The molecule has 1 fully saturated rings. The molecule has 0 aromatic heterocycles. The van der Waals surface area contributed by atoms with Gasteiger partial charge < -0.3 is 5.32 Å². The number of rotatable bonds is 5. The van der Waals surface area contributed by atoms with Gasteiger partial charge in [-0.25, -0.2) is 4.39 Å². The average Bonchev–Trinajstić information content (AvgIpc) is 3.35. The van der Waals surface area contributed by atoms with Crippen LogP contribution in [0.4, 0.5) is 4.39 Å². The van der Waals surface area contributed by atoms with Crippen LogP contribution in [0.5, 0.6) is 0 Å². The lowest BCUT2D eigenvalue weighted by atomic mass is 9.95. The first-order chi connectivity index (χ1) is 10.7. The highest BCUT2D eigenvalue weighted by molar-refractivity contribution is 5.39. The zero-order valence-electron chi connectivity index (χ0n) is 12.6. The summed E-state index contributed by atoms with van der Waals surface area (Å²) in [5, 5.41) is 12.7. The zero-order valence-corrected chi connectivity index (χ0v) is 12.6. The van der Waals surface area contributed by atoms with Crippen LogP contribution in [0.2, 0.25) is 0 Å². The molecule has 22 heavy (non-hydrogen) atoms. The van der Waals surface area contributed by atoms with Gasteiger partial charge >= 0.3 is 0 Å². The van der Waals surface area contributed by atoms with Gasteiger partial charge in [-0.1, -0.05) is 24.3 Å². The van der Waals surface area contributed by atoms with Gasteiger partial charge in [0, 0.05) is 0 Å². The second kappa shape index (κ2) is 6.29. The highest BCUT2D eigenvalue weighted by Gasteiger charge is 2.23. The minimum absolute atomic E-state index is 0.00630. The second-order valence-electron chi connectivity index (χ2n) is 6.03. The molecule has 0 amide bonds. The Hall–Kier alpha value is -2.18. The molecule has 3 rings (SSSR count). The predicted octanol–water partition coefficient (Wildman–Crippen LogP) is 4.09. The van der Waals surface area contributed by atoms with Crippen molar-refractivity contribution in [1.82, 2.24) is 5.32 Å². The lowest BCUT2D eigenvalue weighted by molar-refractivity contribution is 0.569. The Labute approximate surface area is 130 Å². The van der Waals surface area contributed by atoms with E-state index >= 15 is 0 Å². The Balaban J connectivity index is 1.94. The zero-order chi connectivity index (χ0) is 15.5. The fraction of sp³-hybridized carbons (Fsp3) is 0.316. The van der Waals surface area contributed by atoms with E-state index in [1.54, 1.807) is 13.0 Å². The van der Waals surface area contributed by atoms with Crippen LogP contribution in [0, 0.1) is 30.0 Å². The summed E-state index contributed by atoms with van der Waals surface area (Å²) in [6.07, 6.45) is 2.56. The Morgan fingerprint density at radius 2 is 2.00 bits per heavy atom. The van der Waals surface area contributed by atoms with E-state index < -0.39 is 0 Å². The van der Waals surface area contributed by atoms with Crippen molar-refractivity contribution in [3.8, 4) is 6.07 Å². The number of hydrogen-bond donors (Lipinski definition) is 1. The Morgan fingerprint density at radius 1 is 1.23 bits per heavy atom. The molecule has 3 heteroatoms. The number of nitrogens with one attached hydrogen (secondary N) is 1. The Bertz CT molecular complexity index is 714. The smallest absolute Gasteiger partial charge is 0.126 e. The first-order valence-corrected chi connectivity index (χ1v) is 7.67. The minimum Gasteiger partial charge on any atom is -0.306 e. The molecular formula is C19H19FN2. The van der Waals surface area contributed by atoms with Crippen molar-refractivity contribution in [1.29, 1.82) is 5.26 Å². The molecule has 1 unspecified atom stereocenters. The first kappa shape index (κ1) is 14.7. The highest BCUT2D eigenvalue weighted by Crippen LogP contribution is 2.30. The maximum atomic E-state index is 13.5. The monoisotopic (exact) mass is 294 g/mol. The van der Waals surface area contributed by atoms with Gasteiger partial charge in [-0.2, -0.15) is 5.26 Å². The molecule has 0 aliphatic heterocycles. The fourth-order valence-corrected chi connectivity index (χ4v) is 2.67. The molecule has 1 saturated carbocycles. The van der Waals surface area contributed by atoms with Crippen LogP contribution in [0.25, 0.3) is 0 Å². The molecule has 0 saturated heterocycles. The molecule has 0 radical (unpaired) electrons. The van der Waals surface area contributed by atoms with Gasteiger partial charge in [0.25, 0.3) is 0 Å². The van der Waals surface area contributed by atoms with Gasteiger partial charge in [0.05, 0.1) is 17.7 Å². The summed E-state index contributed by atoms with van der Waals surface area (Å²) >= 11 is 0. The first-order valence-electron chi connectivity index (χ1n) is 7.67. The third-order valence-electron chi connectivity index (χ3n) is 4.17. The number of halogens is 1. The molecule has 1 aliphatic carbocycles. The van der Waals surface area contributed by atoms with Crippen molar-refractivity contribution >= 4 is 0 Å². The SMILES string of the molecule is Cc1cc(C(NCC2CC2)c2cccc(C#N)c2)ccc1F. The Kier molecular flexibility index (Phi) is 4.22. The third kappa shape index (κ3) is 3.35. The third-order valence-corrected chi connectivity index (χ3v) is 4.17. The maximum absolute atomic E-state index is 13.5. The number of aryl methyl sites for hydroxylation is 1. The van der Waals surface area contributed by atoms with E-state index in [2.05, 4.69) is 11.4 Å². The number of benzene rings is 2. The topological polar surface area (TPSA) is 35.8 Å². The van der Waals surface area contributed by atoms with Gasteiger partial charge in [0.1, 0.15) is 5.82 Å². The van der Waals surface area contributed by atoms with Crippen LogP contribution < -0.4 is 5.32 Å². The quantitative estimate of drug-likeness (QED) is 0.901. The maximum Gasteiger partial charge on any atom is 0.126 e. The highest BCUT2D eigenvalue weighted by atomic mass is 19.1. The molecule has 1 atom stereocenters. The van der Waals surface area contributed by atoms with E-state index in [1.165, 1.54) is 18.9 Å². The van der Waals surface area contributed by atoms with Crippen molar-refractivity contribution < 1.29 is 4.39 Å². The molecule has 112 valence electrons. The van der Waals surface area contributed by atoms with E-state index in [9.17, 15) is 4.39 Å². The summed E-state index contributed by atoms with van der Waals surface area (Å²) in [5.74, 6) is 0.568. The molecular weight excluding hydrogens is 275 g/mol. The van der Waals surface area contributed by atoms with Crippen molar-refractivity contribution in [3.63, 3.8) is 0 Å². The molecule has 1 N–H and O–H groups in total. The normalized spacial score (nSPS) is 15.3. The summed E-state index contributed by atoms with van der Waals surface area (Å²) in [5.41, 5.74) is 3.38. The molecule has 2 aromatic rings. The van der Waals surface area contributed by atoms with Crippen molar-refractivity contribution in [2.24, 2.45) is 5.92 Å². The number of nitriles is 1. The standard InChI is InChI=1S/C19H19FN2/c1-13-9-17(7-8-18(13)20)19(22-12-14-5-6-14)16-4-2-3-15(10-16)11-21/h2-4,7-10,14,19,22H,5-6,12H2,1H3. The average molecular weight is 294 g/mol. The lowest BCUT2D eigenvalue weighted by Gasteiger charge is -2.21. The van der Waals surface area contributed by atoms with E-state index in [0.29, 0.717) is 11.1 Å². The minimum atomic E-state index is -0.185. The van der Waals surface area contributed by atoms with Crippen molar-refractivity contribution in [3.05, 3.63) is 70.5 Å². The van der Waals surface area contributed by atoms with E-state index in [4.69, 9.17) is 5.26 Å². The summed E-state index contributed by atoms with van der Waals surface area (Å²) < 4.78 is 13.5. The van der Waals surface area contributed by atoms with Crippen LogP contribution in [-0.2, 0) is 0 Å². The Morgan fingerprint density at radius 3 is 2.68 bits per heavy atom. The lowest BCUT2D eigenvalue weighted by Crippen LogP contribution is -2.24. The molecule has 2 aromatic carbocycles. The van der Waals surface area contributed by atoms with Gasteiger partial charge in [-0.15, -0.1) is 0 Å². The summed E-state index contributed by atoms with van der Waals surface area (Å²) in [4.78, 5) is 0. The summed E-state index contributed by atoms with van der Waals surface area (Å²) in [6.45, 7) is 2.74. The molecule has 0 spiro atoms. The molecule has 0 heterocycles. The molecule has 1 aliphatic rings. The van der Waals surface area contributed by atoms with Crippen LogP contribution in [0.15, 0.2) is 42.5 Å². The molecule has 2 nitrogen and oxygen atoms in total. The van der Waals surface area contributed by atoms with Crippen molar-refractivity contribution in [2.75, 3.05) is 6.54 Å². The van der Waals surface area contributed by atoms with Crippen molar-refractivity contribution in [2.45, 2.75) is 25.8 Å². The predicted molar refractivity (Wildman–Crippen MR) is 84.9 cm³/mol. The van der Waals surface area contributed by atoms with Crippen LogP contribution in [-0.4, -0.2) is 6.54 Å². The van der Waals surface area contributed by atoms with Gasteiger partial charge in [-0.3, -0.25) is 0 Å². The molecule has 0 bridgehead atoms. The second-order valence-corrected chi connectivity index (χ2v) is 6.03. The number of hydrogen-bond acceptors (Lipinski definition) is 2. The fourth-order valence-electron chi connectivity index (χ4n) is 2.67. The number of nitrogens with zero attached hydrogens (tertiary/aromatic N) is 1. The van der Waals surface area contributed by atoms with Gasteiger partial charge in [-0.05, 0) is 67.1 Å². The van der Waals surface area contributed by atoms with E-state index in [-0.39, 0.29) is 11.9 Å². The van der Waals surface area contributed by atoms with Crippen LogP contribution in [0.3, 0.4) is 0 Å². The largest absolute Gasteiger partial charge is 0.306 e. The van der Waals surface area contributed by atoms with E-state index in [1.807, 2.05) is 30.3 Å².